The van der Waals surface area contributed by atoms with Crippen LogP contribution in [0.15, 0.2) is 54.1 Å². The molecule has 6 nitrogen and oxygen atoms in total. The predicted octanol–water partition coefficient (Wildman–Crippen LogP) is 3.25. The molecule has 1 unspecified atom stereocenters. The molecule has 0 radical (unpaired) electrons. The molecule has 2 N–H and O–H groups in total. The summed E-state index contributed by atoms with van der Waals surface area (Å²) < 4.78 is 27.0. The van der Waals surface area contributed by atoms with Gasteiger partial charge in [-0.3, -0.25) is 14.4 Å². The van der Waals surface area contributed by atoms with Gasteiger partial charge < -0.3 is 15.1 Å². The number of aliphatic carboxylic acids is 1. The smallest absolute Gasteiger partial charge is 0.303 e. The summed E-state index contributed by atoms with van der Waals surface area (Å²) in [6.45, 7) is -0.0712. The minimum atomic E-state index is -1.09. The van der Waals surface area contributed by atoms with Crippen molar-refractivity contribution in [2.75, 3.05) is 6.54 Å². The highest BCUT2D eigenvalue weighted by atomic mass is 19.1. The number of rotatable bonds is 6. The van der Waals surface area contributed by atoms with E-state index in [1.54, 1.807) is 0 Å². The van der Waals surface area contributed by atoms with Gasteiger partial charge in [0.2, 0.25) is 0 Å². The first kappa shape index (κ1) is 20.2. The quantitative estimate of drug-likeness (QED) is 0.440. The Hall–Kier alpha value is -3.55. The van der Waals surface area contributed by atoms with E-state index in [2.05, 4.69) is 0 Å². The summed E-state index contributed by atoms with van der Waals surface area (Å²) in [7, 11) is 0. The van der Waals surface area contributed by atoms with E-state index in [9.17, 15) is 28.3 Å². The highest BCUT2D eigenvalue weighted by Gasteiger charge is 2.45. The lowest BCUT2D eigenvalue weighted by atomic mass is 9.95. The highest BCUT2D eigenvalue weighted by molar-refractivity contribution is 6.46. The van der Waals surface area contributed by atoms with Crippen LogP contribution in [0.1, 0.15) is 30.0 Å². The van der Waals surface area contributed by atoms with Gasteiger partial charge in [0, 0.05) is 18.5 Å². The van der Waals surface area contributed by atoms with Gasteiger partial charge in [-0.2, -0.15) is 0 Å². The number of amides is 1. The van der Waals surface area contributed by atoms with Gasteiger partial charge in [0.05, 0.1) is 11.6 Å². The first-order chi connectivity index (χ1) is 13.8. The minimum absolute atomic E-state index is 0.0712. The van der Waals surface area contributed by atoms with Crippen LogP contribution in [0.2, 0.25) is 0 Å². The van der Waals surface area contributed by atoms with Crippen LogP contribution in [0.3, 0.4) is 0 Å². The molecule has 29 heavy (non-hydrogen) atoms. The molecule has 0 aliphatic carbocycles. The average Bonchev–Trinajstić information content (AvgIpc) is 2.93. The summed E-state index contributed by atoms with van der Waals surface area (Å²) in [6.07, 6.45) is -0.151. The van der Waals surface area contributed by atoms with E-state index in [1.165, 1.54) is 30.3 Å². The molecular formula is C21H17F2NO5. The van der Waals surface area contributed by atoms with Gasteiger partial charge in [-0.25, -0.2) is 8.78 Å². The zero-order valence-corrected chi connectivity index (χ0v) is 15.1. The number of halogens is 2. The van der Waals surface area contributed by atoms with Gasteiger partial charge in [-0.1, -0.05) is 12.1 Å². The molecule has 2 aromatic carbocycles. The van der Waals surface area contributed by atoms with Crippen molar-refractivity contribution in [3.63, 3.8) is 0 Å². The molecule has 150 valence electrons. The maximum Gasteiger partial charge on any atom is 0.303 e. The van der Waals surface area contributed by atoms with Crippen LogP contribution in [0, 0.1) is 11.6 Å². The van der Waals surface area contributed by atoms with Crippen molar-refractivity contribution in [3.8, 4) is 0 Å². The molecule has 2 aromatic rings. The summed E-state index contributed by atoms with van der Waals surface area (Å²) in [5, 5.41) is 19.5. The molecule has 1 saturated heterocycles. The predicted molar refractivity (Wildman–Crippen MR) is 98.7 cm³/mol. The lowest BCUT2D eigenvalue weighted by molar-refractivity contribution is -0.140. The molecule has 8 heteroatoms. The van der Waals surface area contributed by atoms with E-state index in [0.717, 1.165) is 23.1 Å². The standard InChI is InChI=1S/C21H17F2NO5/c22-14-8-6-12(7-9-14)19(27)17-18(13-3-1-4-15(23)11-13)24(21(29)20(17)28)10-2-5-16(25)26/h1,3-4,6-9,11,18,27H,2,5,10H2,(H,25,26). The van der Waals surface area contributed by atoms with Crippen molar-refractivity contribution < 1.29 is 33.4 Å². The molecule has 1 heterocycles. The number of carboxylic acid groups (broad SMARTS) is 1. The maximum absolute atomic E-state index is 13.8. The van der Waals surface area contributed by atoms with Gasteiger partial charge in [0.25, 0.3) is 11.7 Å². The largest absolute Gasteiger partial charge is 0.507 e. The first-order valence-electron chi connectivity index (χ1n) is 8.81. The zero-order chi connectivity index (χ0) is 21.1. The van der Waals surface area contributed by atoms with Crippen LogP contribution in [0.25, 0.3) is 5.76 Å². The third kappa shape index (κ3) is 4.16. The van der Waals surface area contributed by atoms with Gasteiger partial charge >= 0.3 is 5.97 Å². The number of carboxylic acids is 1. The number of aliphatic hydroxyl groups is 1. The van der Waals surface area contributed by atoms with Crippen LogP contribution >= 0.6 is 0 Å². The van der Waals surface area contributed by atoms with E-state index in [1.807, 2.05) is 0 Å². The molecule has 1 aliphatic rings. The fourth-order valence-corrected chi connectivity index (χ4v) is 3.30. The highest BCUT2D eigenvalue weighted by Crippen LogP contribution is 2.39. The number of hydrogen-bond acceptors (Lipinski definition) is 4. The molecule has 0 saturated carbocycles. The Balaban J connectivity index is 2.10. The van der Waals surface area contributed by atoms with Gasteiger partial charge in [-0.15, -0.1) is 0 Å². The molecule has 1 amide bonds. The summed E-state index contributed by atoms with van der Waals surface area (Å²) in [6, 6.07) is 8.84. The average molecular weight is 401 g/mol. The second-order valence-corrected chi connectivity index (χ2v) is 6.55. The molecule has 3 rings (SSSR count). The summed E-state index contributed by atoms with van der Waals surface area (Å²) in [5.41, 5.74) is 0.113. The molecule has 1 fully saturated rings. The van der Waals surface area contributed by atoms with Crippen molar-refractivity contribution in [2.45, 2.75) is 18.9 Å². The molecule has 1 aliphatic heterocycles. The summed E-state index contributed by atoms with van der Waals surface area (Å²) in [4.78, 5) is 37.2. The lowest BCUT2D eigenvalue weighted by Crippen LogP contribution is -2.31. The van der Waals surface area contributed by atoms with Gasteiger partial charge in [-0.05, 0) is 48.4 Å². The number of aliphatic hydroxyl groups excluding tert-OH is 1. The first-order valence-corrected chi connectivity index (χ1v) is 8.81. The van der Waals surface area contributed by atoms with Crippen molar-refractivity contribution in [2.24, 2.45) is 0 Å². The van der Waals surface area contributed by atoms with Crippen molar-refractivity contribution >= 4 is 23.4 Å². The second kappa shape index (κ2) is 8.22. The van der Waals surface area contributed by atoms with E-state index in [-0.39, 0.29) is 36.1 Å². The molecule has 0 bridgehead atoms. The fraction of sp³-hybridized carbons (Fsp3) is 0.190. The number of ketones is 1. The fourth-order valence-electron chi connectivity index (χ4n) is 3.30. The molecule has 0 spiro atoms. The van der Waals surface area contributed by atoms with E-state index >= 15 is 0 Å². The number of hydrogen-bond donors (Lipinski definition) is 2. The number of carbonyl (C=O) groups is 3. The Kier molecular flexibility index (Phi) is 5.72. The molecular weight excluding hydrogens is 384 g/mol. The Morgan fingerprint density at radius 1 is 1.00 bits per heavy atom. The lowest BCUT2D eigenvalue weighted by Gasteiger charge is -2.25. The summed E-state index contributed by atoms with van der Waals surface area (Å²) in [5.74, 6) is -4.61. The molecule has 1 atom stereocenters. The normalized spacial score (nSPS) is 18.3. The van der Waals surface area contributed by atoms with Gasteiger partial charge in [0.15, 0.2) is 0 Å². The van der Waals surface area contributed by atoms with Gasteiger partial charge in [0.1, 0.15) is 17.4 Å². The Labute approximate surface area is 164 Å². The van der Waals surface area contributed by atoms with Crippen LogP contribution in [0.5, 0.6) is 0 Å². The topological polar surface area (TPSA) is 94.9 Å². The number of carbonyl (C=O) groups excluding carboxylic acids is 2. The zero-order valence-electron chi connectivity index (χ0n) is 15.1. The van der Waals surface area contributed by atoms with Crippen LogP contribution in [-0.4, -0.2) is 39.3 Å². The second-order valence-electron chi connectivity index (χ2n) is 6.55. The maximum atomic E-state index is 13.8. The van der Waals surface area contributed by atoms with Crippen LogP contribution < -0.4 is 0 Å². The Morgan fingerprint density at radius 3 is 2.31 bits per heavy atom. The van der Waals surface area contributed by atoms with Crippen molar-refractivity contribution in [1.82, 2.24) is 4.90 Å². The third-order valence-corrected chi connectivity index (χ3v) is 4.61. The number of Topliss-reactive ketones (excluding diaryl/α,β-unsaturated/α-hetero) is 1. The minimum Gasteiger partial charge on any atom is -0.507 e. The van der Waals surface area contributed by atoms with Crippen molar-refractivity contribution in [3.05, 3.63) is 76.9 Å². The number of nitrogens with zero attached hydrogens (tertiary/aromatic N) is 1. The number of benzene rings is 2. The van der Waals surface area contributed by atoms with E-state index < -0.39 is 41.1 Å². The van der Waals surface area contributed by atoms with Crippen molar-refractivity contribution in [1.29, 1.82) is 0 Å². The molecule has 0 aromatic heterocycles. The van der Waals surface area contributed by atoms with Crippen LogP contribution in [0.4, 0.5) is 8.78 Å². The van der Waals surface area contributed by atoms with E-state index in [0.29, 0.717) is 0 Å². The third-order valence-electron chi connectivity index (χ3n) is 4.61. The SMILES string of the molecule is O=C(O)CCCN1C(=O)C(=O)C(=C(O)c2ccc(F)cc2)C1c1cccc(F)c1. The monoisotopic (exact) mass is 401 g/mol. The Bertz CT molecular complexity index is 1000. The van der Waals surface area contributed by atoms with E-state index in [4.69, 9.17) is 5.11 Å². The number of likely N-dealkylation sites (tertiary alicyclic amines) is 1. The summed E-state index contributed by atoms with van der Waals surface area (Å²) >= 11 is 0. The van der Waals surface area contributed by atoms with Crippen LogP contribution in [-0.2, 0) is 14.4 Å². The Morgan fingerprint density at radius 2 is 1.69 bits per heavy atom.